The number of halogens is 5. The summed E-state index contributed by atoms with van der Waals surface area (Å²) < 4.78 is 41.1. The summed E-state index contributed by atoms with van der Waals surface area (Å²) in [6, 6.07) is 4.45. The first kappa shape index (κ1) is 17.6. The average Bonchev–Trinajstić information content (AvgIpc) is 2.35. The van der Waals surface area contributed by atoms with E-state index in [2.05, 4.69) is 5.32 Å². The molecule has 0 saturated heterocycles. The zero-order chi connectivity index (χ0) is 15.2. The van der Waals surface area contributed by atoms with Crippen molar-refractivity contribution < 1.29 is 17.9 Å². The van der Waals surface area contributed by atoms with Gasteiger partial charge in [-0.2, -0.15) is 13.2 Å². The maximum Gasteiger partial charge on any atom is 0.411 e. The monoisotopic (exact) mass is 329 g/mol. The molecular formula is C13H16Cl2F3NO. The van der Waals surface area contributed by atoms with Crippen molar-refractivity contribution in [3.63, 3.8) is 0 Å². The molecule has 1 N–H and O–H groups in total. The fraction of sp³-hybridized carbons (Fsp3) is 0.538. The smallest absolute Gasteiger partial charge is 0.370 e. The molecule has 0 saturated carbocycles. The van der Waals surface area contributed by atoms with E-state index in [0.29, 0.717) is 22.2 Å². The lowest BCUT2D eigenvalue weighted by Gasteiger charge is -2.21. The van der Waals surface area contributed by atoms with Crippen LogP contribution in [0.2, 0.25) is 10.0 Å². The van der Waals surface area contributed by atoms with Gasteiger partial charge in [-0.15, -0.1) is 0 Å². The van der Waals surface area contributed by atoms with Crippen LogP contribution in [0, 0.1) is 0 Å². The molecule has 0 heterocycles. The first-order valence-corrected chi connectivity index (χ1v) is 6.92. The van der Waals surface area contributed by atoms with E-state index in [9.17, 15) is 13.2 Å². The van der Waals surface area contributed by atoms with Crippen LogP contribution in [0.1, 0.15) is 24.9 Å². The molecule has 0 aliphatic heterocycles. The van der Waals surface area contributed by atoms with Gasteiger partial charge in [-0.25, -0.2) is 0 Å². The molecule has 114 valence electrons. The molecule has 0 fully saturated rings. The topological polar surface area (TPSA) is 21.3 Å². The Morgan fingerprint density at radius 3 is 2.60 bits per heavy atom. The van der Waals surface area contributed by atoms with Crippen LogP contribution in [0.15, 0.2) is 18.2 Å². The lowest BCUT2D eigenvalue weighted by molar-refractivity contribution is -0.175. The molecule has 0 aliphatic carbocycles. The highest BCUT2D eigenvalue weighted by Gasteiger charge is 2.28. The Hall–Kier alpha value is -0.490. The van der Waals surface area contributed by atoms with E-state index >= 15 is 0 Å². The summed E-state index contributed by atoms with van der Waals surface area (Å²) in [7, 11) is 0. The number of ether oxygens (including phenoxy) is 1. The number of rotatable bonds is 7. The van der Waals surface area contributed by atoms with Gasteiger partial charge < -0.3 is 10.1 Å². The van der Waals surface area contributed by atoms with Crippen LogP contribution in [0.25, 0.3) is 0 Å². The van der Waals surface area contributed by atoms with Gasteiger partial charge in [0.1, 0.15) is 6.61 Å². The quantitative estimate of drug-likeness (QED) is 0.788. The van der Waals surface area contributed by atoms with Gasteiger partial charge in [0.2, 0.25) is 0 Å². The number of hydrogen-bond acceptors (Lipinski definition) is 2. The van der Waals surface area contributed by atoms with Crippen molar-refractivity contribution >= 4 is 23.2 Å². The molecular weight excluding hydrogens is 314 g/mol. The normalized spacial score (nSPS) is 13.5. The molecule has 20 heavy (non-hydrogen) atoms. The summed E-state index contributed by atoms with van der Waals surface area (Å²) in [5, 5.41) is 4.02. The minimum Gasteiger partial charge on any atom is -0.370 e. The summed E-state index contributed by atoms with van der Waals surface area (Å²) in [6.45, 7) is 1.19. The third-order valence-electron chi connectivity index (χ3n) is 2.52. The molecule has 2 nitrogen and oxygen atoms in total. The van der Waals surface area contributed by atoms with Gasteiger partial charge in [0, 0.05) is 10.0 Å². The van der Waals surface area contributed by atoms with Crippen molar-refractivity contribution in [1.82, 2.24) is 5.32 Å². The van der Waals surface area contributed by atoms with E-state index in [1.54, 1.807) is 18.2 Å². The molecule has 0 aromatic heterocycles. The number of hydrogen-bond donors (Lipinski definition) is 1. The predicted octanol–water partition coefficient (Wildman–Crippen LogP) is 4.61. The number of alkyl halides is 3. The van der Waals surface area contributed by atoms with Crippen molar-refractivity contribution in [1.29, 1.82) is 0 Å². The highest BCUT2D eigenvalue weighted by molar-refractivity contribution is 6.33. The highest BCUT2D eigenvalue weighted by Crippen LogP contribution is 2.27. The Labute approximate surface area is 126 Å². The van der Waals surface area contributed by atoms with Crippen LogP contribution in [0.3, 0.4) is 0 Å². The summed E-state index contributed by atoms with van der Waals surface area (Å²) >= 11 is 12.0. The molecule has 1 atom stereocenters. The lowest BCUT2D eigenvalue weighted by Crippen LogP contribution is -2.28. The van der Waals surface area contributed by atoms with E-state index in [1.807, 2.05) is 6.92 Å². The zero-order valence-electron chi connectivity index (χ0n) is 10.9. The standard InChI is InChI=1S/C13H16Cl2F3NO/c1-2-5-19-12(7-20-8-13(16,17)18)10-6-9(14)3-4-11(10)15/h3-4,6,12,19H,2,5,7-8H2,1H3. The van der Waals surface area contributed by atoms with Crippen LogP contribution in [0.4, 0.5) is 13.2 Å². The molecule has 1 aromatic carbocycles. The van der Waals surface area contributed by atoms with E-state index in [0.717, 1.165) is 6.42 Å². The summed E-state index contributed by atoms with van der Waals surface area (Å²) in [5.74, 6) is 0. The van der Waals surface area contributed by atoms with Crippen molar-refractivity contribution in [3.8, 4) is 0 Å². The molecule has 0 aliphatic rings. The van der Waals surface area contributed by atoms with Crippen LogP contribution < -0.4 is 5.32 Å². The SMILES string of the molecule is CCCNC(COCC(F)(F)F)c1cc(Cl)ccc1Cl. The van der Waals surface area contributed by atoms with Crippen LogP contribution >= 0.6 is 23.2 Å². The van der Waals surface area contributed by atoms with Gasteiger partial charge in [-0.05, 0) is 36.7 Å². The lowest BCUT2D eigenvalue weighted by atomic mass is 10.1. The molecule has 0 bridgehead atoms. The summed E-state index contributed by atoms with van der Waals surface area (Å²) in [6.07, 6.45) is -3.50. The van der Waals surface area contributed by atoms with Gasteiger partial charge in [-0.3, -0.25) is 0 Å². The van der Waals surface area contributed by atoms with Gasteiger partial charge >= 0.3 is 6.18 Å². The Kier molecular flexibility index (Phi) is 7.09. The van der Waals surface area contributed by atoms with Gasteiger partial charge in [0.05, 0.1) is 12.6 Å². The number of nitrogens with one attached hydrogen (secondary N) is 1. The second-order valence-electron chi connectivity index (χ2n) is 4.30. The van der Waals surface area contributed by atoms with Gasteiger partial charge in [-0.1, -0.05) is 30.1 Å². The van der Waals surface area contributed by atoms with Crippen LogP contribution in [-0.4, -0.2) is 25.9 Å². The largest absolute Gasteiger partial charge is 0.411 e. The van der Waals surface area contributed by atoms with E-state index < -0.39 is 18.8 Å². The highest BCUT2D eigenvalue weighted by atomic mass is 35.5. The fourth-order valence-electron chi connectivity index (χ4n) is 1.65. The molecule has 1 rings (SSSR count). The summed E-state index contributed by atoms with van der Waals surface area (Å²) in [5.41, 5.74) is 0.634. The average molecular weight is 330 g/mol. The molecule has 1 unspecified atom stereocenters. The third-order valence-corrected chi connectivity index (χ3v) is 3.10. The van der Waals surface area contributed by atoms with Gasteiger partial charge in [0.15, 0.2) is 0 Å². The van der Waals surface area contributed by atoms with E-state index in [1.165, 1.54) is 0 Å². The Morgan fingerprint density at radius 1 is 1.30 bits per heavy atom. The predicted molar refractivity (Wildman–Crippen MR) is 74.4 cm³/mol. The third kappa shape index (κ3) is 6.31. The van der Waals surface area contributed by atoms with Gasteiger partial charge in [0.25, 0.3) is 0 Å². The van der Waals surface area contributed by atoms with E-state index in [4.69, 9.17) is 27.9 Å². The van der Waals surface area contributed by atoms with Crippen molar-refractivity contribution in [2.24, 2.45) is 0 Å². The second kappa shape index (κ2) is 8.08. The second-order valence-corrected chi connectivity index (χ2v) is 5.15. The molecule has 0 amide bonds. The maximum absolute atomic E-state index is 12.1. The number of benzene rings is 1. The van der Waals surface area contributed by atoms with Crippen LogP contribution in [0.5, 0.6) is 0 Å². The van der Waals surface area contributed by atoms with E-state index in [-0.39, 0.29) is 6.61 Å². The Bertz CT molecular complexity index is 427. The maximum atomic E-state index is 12.1. The van der Waals surface area contributed by atoms with Crippen molar-refractivity contribution in [2.75, 3.05) is 19.8 Å². The minimum absolute atomic E-state index is 0.125. The Morgan fingerprint density at radius 2 is 2.00 bits per heavy atom. The molecule has 1 aromatic rings. The Balaban J connectivity index is 2.75. The zero-order valence-corrected chi connectivity index (χ0v) is 12.4. The molecule has 0 spiro atoms. The molecule has 7 heteroatoms. The van der Waals surface area contributed by atoms with Crippen molar-refractivity contribution in [2.45, 2.75) is 25.6 Å². The summed E-state index contributed by atoms with van der Waals surface area (Å²) in [4.78, 5) is 0. The first-order chi connectivity index (χ1) is 9.33. The first-order valence-electron chi connectivity index (χ1n) is 6.16. The molecule has 0 radical (unpaired) electrons. The fourth-order valence-corrected chi connectivity index (χ4v) is 2.08. The minimum atomic E-state index is -4.34. The van der Waals surface area contributed by atoms with Crippen molar-refractivity contribution in [3.05, 3.63) is 33.8 Å². The van der Waals surface area contributed by atoms with Crippen LogP contribution in [-0.2, 0) is 4.74 Å².